The highest BCUT2D eigenvalue weighted by molar-refractivity contribution is 6.14. The number of methoxy groups -OCH3 is 1. The van der Waals surface area contributed by atoms with Crippen LogP contribution in [0.4, 0.5) is 5.69 Å². The minimum atomic E-state index is -0.324. The highest BCUT2D eigenvalue weighted by Crippen LogP contribution is 2.29. The van der Waals surface area contributed by atoms with Gasteiger partial charge >= 0.3 is 0 Å². The van der Waals surface area contributed by atoms with Gasteiger partial charge in [0.1, 0.15) is 11.5 Å². The van der Waals surface area contributed by atoms with Crippen LogP contribution in [0, 0.1) is 0 Å². The molecule has 0 spiro atoms. The zero-order chi connectivity index (χ0) is 18.7. The van der Waals surface area contributed by atoms with E-state index in [2.05, 4.69) is 5.32 Å². The number of hydrogen-bond acceptors (Lipinski definition) is 4. The summed E-state index contributed by atoms with van der Waals surface area (Å²) in [6.07, 6.45) is 1.55. The van der Waals surface area contributed by atoms with Crippen LogP contribution in [0.3, 0.4) is 0 Å². The van der Waals surface area contributed by atoms with Gasteiger partial charge in [0, 0.05) is 18.5 Å². The molecule has 0 unspecified atom stereocenters. The van der Waals surface area contributed by atoms with E-state index in [0.29, 0.717) is 40.3 Å². The molecule has 0 atom stereocenters. The second kappa shape index (κ2) is 7.31. The Labute approximate surface area is 151 Å². The first-order chi connectivity index (χ1) is 12.5. The van der Waals surface area contributed by atoms with Gasteiger partial charge in [0.25, 0.3) is 5.91 Å². The Bertz CT molecular complexity index is 975. The van der Waals surface area contributed by atoms with Crippen molar-refractivity contribution in [2.24, 2.45) is 0 Å². The standard InChI is InChI=1S/C20H20N2O4/c1-4-26-19-8-6-5-7-17(19)21-20(24)16-12-22(13(2)23)18-10-9-14(25-3)11-15(16)18/h5-12H,4H2,1-3H3,(H,21,24). The molecule has 0 aliphatic rings. The van der Waals surface area contributed by atoms with Gasteiger partial charge in [-0.1, -0.05) is 12.1 Å². The van der Waals surface area contributed by atoms with Gasteiger partial charge in [-0.3, -0.25) is 14.2 Å². The van der Waals surface area contributed by atoms with Crippen LogP contribution in [0.25, 0.3) is 10.9 Å². The Morgan fingerprint density at radius 3 is 2.62 bits per heavy atom. The van der Waals surface area contributed by atoms with E-state index < -0.39 is 0 Å². The molecule has 3 rings (SSSR count). The van der Waals surface area contributed by atoms with E-state index in [1.54, 1.807) is 43.6 Å². The molecule has 0 bridgehead atoms. The summed E-state index contributed by atoms with van der Waals surface area (Å²) < 4.78 is 12.3. The van der Waals surface area contributed by atoms with Crippen LogP contribution in [0.5, 0.6) is 11.5 Å². The number of para-hydroxylation sites is 2. The number of carbonyl (C=O) groups is 2. The number of rotatable bonds is 5. The first-order valence-corrected chi connectivity index (χ1v) is 8.28. The molecule has 0 aliphatic carbocycles. The second-order valence-electron chi connectivity index (χ2n) is 5.70. The van der Waals surface area contributed by atoms with Crippen molar-refractivity contribution in [1.82, 2.24) is 4.57 Å². The summed E-state index contributed by atoms with van der Waals surface area (Å²) in [5.74, 6) is 0.711. The average Bonchev–Trinajstić information content (AvgIpc) is 3.02. The molecule has 0 saturated heterocycles. The van der Waals surface area contributed by atoms with Crippen molar-refractivity contribution in [3.8, 4) is 11.5 Å². The van der Waals surface area contributed by atoms with Crippen molar-refractivity contribution in [2.45, 2.75) is 13.8 Å². The highest BCUT2D eigenvalue weighted by Gasteiger charge is 2.18. The molecule has 0 radical (unpaired) electrons. The van der Waals surface area contributed by atoms with Crippen molar-refractivity contribution < 1.29 is 19.1 Å². The van der Waals surface area contributed by atoms with E-state index in [-0.39, 0.29) is 11.8 Å². The SMILES string of the molecule is CCOc1ccccc1NC(=O)c1cn(C(C)=O)c2ccc(OC)cc12. The van der Waals surface area contributed by atoms with Crippen LogP contribution < -0.4 is 14.8 Å². The number of nitrogens with one attached hydrogen (secondary N) is 1. The van der Waals surface area contributed by atoms with Gasteiger partial charge in [0.15, 0.2) is 0 Å². The fourth-order valence-electron chi connectivity index (χ4n) is 2.82. The molecule has 0 fully saturated rings. The molecular weight excluding hydrogens is 332 g/mol. The lowest BCUT2D eigenvalue weighted by Crippen LogP contribution is -2.13. The van der Waals surface area contributed by atoms with E-state index >= 15 is 0 Å². The van der Waals surface area contributed by atoms with Gasteiger partial charge in [-0.05, 0) is 37.3 Å². The van der Waals surface area contributed by atoms with Crippen LogP contribution in [0.1, 0.15) is 29.0 Å². The zero-order valence-corrected chi connectivity index (χ0v) is 14.9. The molecular formula is C20H20N2O4. The Hall–Kier alpha value is -3.28. The third-order valence-electron chi connectivity index (χ3n) is 4.03. The van der Waals surface area contributed by atoms with E-state index in [0.717, 1.165) is 0 Å². The first-order valence-electron chi connectivity index (χ1n) is 8.28. The number of hydrogen-bond donors (Lipinski definition) is 1. The predicted octanol–water partition coefficient (Wildman–Crippen LogP) is 3.96. The molecule has 0 aliphatic heterocycles. The number of amides is 1. The second-order valence-corrected chi connectivity index (χ2v) is 5.70. The van der Waals surface area contributed by atoms with Gasteiger partial charge in [-0.2, -0.15) is 0 Å². The summed E-state index contributed by atoms with van der Waals surface area (Å²) >= 11 is 0. The molecule has 134 valence electrons. The monoisotopic (exact) mass is 352 g/mol. The van der Waals surface area contributed by atoms with E-state index in [1.165, 1.54) is 11.5 Å². The van der Waals surface area contributed by atoms with Crippen molar-refractivity contribution in [2.75, 3.05) is 19.0 Å². The summed E-state index contributed by atoms with van der Waals surface area (Å²) in [6, 6.07) is 12.5. The fourth-order valence-corrected chi connectivity index (χ4v) is 2.82. The lowest BCUT2D eigenvalue weighted by Gasteiger charge is -2.11. The molecule has 6 nitrogen and oxygen atoms in total. The molecule has 1 heterocycles. The van der Waals surface area contributed by atoms with E-state index in [4.69, 9.17) is 9.47 Å². The lowest BCUT2D eigenvalue weighted by molar-refractivity contribution is 0.0941. The Morgan fingerprint density at radius 1 is 1.15 bits per heavy atom. The summed E-state index contributed by atoms with van der Waals surface area (Å²) in [6.45, 7) is 3.83. The van der Waals surface area contributed by atoms with Crippen molar-refractivity contribution in [3.63, 3.8) is 0 Å². The van der Waals surface area contributed by atoms with Crippen LogP contribution in [0.2, 0.25) is 0 Å². The number of ether oxygens (including phenoxy) is 2. The highest BCUT2D eigenvalue weighted by atomic mass is 16.5. The topological polar surface area (TPSA) is 69.6 Å². The largest absolute Gasteiger partial charge is 0.497 e. The van der Waals surface area contributed by atoms with E-state index in [9.17, 15) is 9.59 Å². The predicted molar refractivity (Wildman–Crippen MR) is 100 cm³/mol. The molecule has 2 aromatic carbocycles. The third kappa shape index (κ3) is 3.26. The Morgan fingerprint density at radius 2 is 1.92 bits per heavy atom. The minimum Gasteiger partial charge on any atom is -0.497 e. The summed E-state index contributed by atoms with van der Waals surface area (Å²) in [5.41, 5.74) is 1.62. The summed E-state index contributed by atoms with van der Waals surface area (Å²) in [5, 5.41) is 3.51. The normalized spacial score (nSPS) is 10.6. The van der Waals surface area contributed by atoms with Gasteiger partial charge in [-0.15, -0.1) is 0 Å². The van der Waals surface area contributed by atoms with Gasteiger partial charge in [0.05, 0.1) is 30.5 Å². The zero-order valence-electron chi connectivity index (χ0n) is 14.9. The van der Waals surface area contributed by atoms with Gasteiger partial charge in [-0.25, -0.2) is 0 Å². The smallest absolute Gasteiger partial charge is 0.257 e. The molecule has 3 aromatic rings. The Kier molecular flexibility index (Phi) is 4.93. The maximum atomic E-state index is 12.9. The molecule has 0 saturated carbocycles. The van der Waals surface area contributed by atoms with Crippen LogP contribution in [-0.2, 0) is 0 Å². The lowest BCUT2D eigenvalue weighted by atomic mass is 10.1. The maximum Gasteiger partial charge on any atom is 0.257 e. The molecule has 1 N–H and O–H groups in total. The van der Waals surface area contributed by atoms with Crippen LogP contribution in [-0.4, -0.2) is 30.1 Å². The third-order valence-corrected chi connectivity index (χ3v) is 4.03. The molecule has 26 heavy (non-hydrogen) atoms. The average molecular weight is 352 g/mol. The number of carbonyl (C=O) groups excluding carboxylic acids is 2. The fraction of sp³-hybridized carbons (Fsp3) is 0.200. The van der Waals surface area contributed by atoms with Gasteiger partial charge < -0.3 is 14.8 Å². The first kappa shape index (κ1) is 17.5. The maximum absolute atomic E-state index is 12.9. The van der Waals surface area contributed by atoms with Gasteiger partial charge in [0.2, 0.25) is 5.91 Å². The van der Waals surface area contributed by atoms with Crippen molar-refractivity contribution >= 4 is 28.4 Å². The number of nitrogens with zero attached hydrogens (tertiary/aromatic N) is 1. The minimum absolute atomic E-state index is 0.172. The summed E-state index contributed by atoms with van der Waals surface area (Å²) in [4.78, 5) is 24.8. The number of fused-ring (bicyclic) bond motifs is 1. The number of anilines is 1. The Balaban J connectivity index is 2.04. The quantitative estimate of drug-likeness (QED) is 0.754. The molecule has 1 amide bonds. The van der Waals surface area contributed by atoms with Crippen LogP contribution in [0.15, 0.2) is 48.7 Å². The van der Waals surface area contributed by atoms with Crippen LogP contribution >= 0.6 is 0 Å². The van der Waals surface area contributed by atoms with E-state index in [1.807, 2.05) is 19.1 Å². The number of benzene rings is 2. The summed E-state index contributed by atoms with van der Waals surface area (Å²) in [7, 11) is 1.56. The van der Waals surface area contributed by atoms with Crippen molar-refractivity contribution in [1.29, 1.82) is 0 Å². The molecule has 6 heteroatoms. The number of aromatic nitrogens is 1. The molecule has 1 aromatic heterocycles. The van der Waals surface area contributed by atoms with Crippen molar-refractivity contribution in [3.05, 3.63) is 54.2 Å².